The Labute approximate surface area is 147 Å². The Bertz CT molecular complexity index is 844. The third-order valence-corrected chi connectivity index (χ3v) is 3.81. The summed E-state index contributed by atoms with van der Waals surface area (Å²) in [5.41, 5.74) is 0.793. The van der Waals surface area contributed by atoms with Crippen molar-refractivity contribution in [1.82, 2.24) is 25.4 Å². The third kappa shape index (κ3) is 3.70. The molecule has 0 atom stereocenters. The molecular formula is C16H17BrN6O. The number of rotatable bonds is 4. The Balaban J connectivity index is 1.73. The van der Waals surface area contributed by atoms with Gasteiger partial charge >= 0.3 is 0 Å². The first-order valence-corrected chi connectivity index (χ1v) is 8.17. The largest absolute Gasteiger partial charge is 0.359 e. The Morgan fingerprint density at radius 1 is 1.21 bits per heavy atom. The molecule has 2 heterocycles. The number of nitrogens with one attached hydrogen (secondary N) is 1. The van der Waals surface area contributed by atoms with Crippen molar-refractivity contribution >= 4 is 27.8 Å². The van der Waals surface area contributed by atoms with Crippen LogP contribution in [0.15, 0.2) is 45.5 Å². The maximum absolute atomic E-state index is 5.32. The summed E-state index contributed by atoms with van der Waals surface area (Å²) in [4.78, 5) is 0. The average molecular weight is 389 g/mol. The SMILES string of the molecule is CC(C)(C)c1cc(N/C=C\c2nnnn2-c2ccc(Br)cc2)no1. The number of aromatic nitrogens is 5. The maximum Gasteiger partial charge on any atom is 0.181 e. The van der Waals surface area contributed by atoms with E-state index in [2.05, 4.69) is 62.7 Å². The number of anilines is 1. The first-order chi connectivity index (χ1) is 11.4. The van der Waals surface area contributed by atoms with Gasteiger partial charge in [0.25, 0.3) is 0 Å². The predicted molar refractivity (Wildman–Crippen MR) is 94.7 cm³/mol. The Kier molecular flexibility index (Phi) is 4.48. The molecule has 2 aromatic heterocycles. The normalized spacial score (nSPS) is 12.0. The molecule has 1 aromatic carbocycles. The lowest BCUT2D eigenvalue weighted by Gasteiger charge is -2.11. The Morgan fingerprint density at radius 3 is 2.62 bits per heavy atom. The van der Waals surface area contributed by atoms with E-state index in [1.807, 2.05) is 30.3 Å². The zero-order valence-corrected chi connectivity index (χ0v) is 15.1. The van der Waals surface area contributed by atoms with Crippen LogP contribution < -0.4 is 5.32 Å². The molecular weight excluding hydrogens is 372 g/mol. The van der Waals surface area contributed by atoms with E-state index < -0.39 is 0 Å². The molecule has 1 N–H and O–H groups in total. The lowest BCUT2D eigenvalue weighted by molar-refractivity contribution is 0.331. The van der Waals surface area contributed by atoms with Crippen molar-refractivity contribution in [2.45, 2.75) is 26.2 Å². The minimum Gasteiger partial charge on any atom is -0.359 e. The van der Waals surface area contributed by atoms with Crippen LogP contribution in [0.1, 0.15) is 32.4 Å². The Hall–Kier alpha value is -2.48. The topological polar surface area (TPSA) is 81.7 Å². The highest BCUT2D eigenvalue weighted by atomic mass is 79.9. The van der Waals surface area contributed by atoms with Crippen molar-refractivity contribution in [2.75, 3.05) is 5.32 Å². The van der Waals surface area contributed by atoms with Gasteiger partial charge in [-0.25, -0.2) is 0 Å². The van der Waals surface area contributed by atoms with Crippen molar-refractivity contribution in [3.05, 3.63) is 52.6 Å². The van der Waals surface area contributed by atoms with Gasteiger partial charge in [0, 0.05) is 28.2 Å². The molecule has 0 saturated carbocycles. The van der Waals surface area contributed by atoms with Gasteiger partial charge in [0.2, 0.25) is 0 Å². The van der Waals surface area contributed by atoms with Crippen LogP contribution in [0.5, 0.6) is 0 Å². The summed E-state index contributed by atoms with van der Waals surface area (Å²) in [5.74, 6) is 2.06. The van der Waals surface area contributed by atoms with Gasteiger partial charge < -0.3 is 9.84 Å². The van der Waals surface area contributed by atoms with Crippen LogP contribution in [-0.2, 0) is 5.41 Å². The van der Waals surface area contributed by atoms with Gasteiger partial charge in [-0.2, -0.15) is 4.68 Å². The fourth-order valence-corrected chi connectivity index (χ4v) is 2.23. The van der Waals surface area contributed by atoms with Gasteiger partial charge in [0.15, 0.2) is 11.6 Å². The van der Waals surface area contributed by atoms with Crippen molar-refractivity contribution < 1.29 is 4.52 Å². The van der Waals surface area contributed by atoms with Gasteiger partial charge in [0.1, 0.15) is 5.76 Å². The van der Waals surface area contributed by atoms with Crippen LogP contribution in [-0.4, -0.2) is 25.4 Å². The van der Waals surface area contributed by atoms with Crippen molar-refractivity contribution in [2.24, 2.45) is 0 Å². The average Bonchev–Trinajstić information content (AvgIpc) is 3.17. The molecule has 3 aromatic rings. The standard InChI is InChI=1S/C16H17BrN6O/c1-16(2,3)13-10-14(20-24-13)18-9-8-15-19-21-22-23(15)12-6-4-11(17)5-7-12/h4-10H,1-3H3,(H,18,20)/b9-8-. The van der Waals surface area contributed by atoms with E-state index in [0.717, 1.165) is 15.9 Å². The van der Waals surface area contributed by atoms with E-state index in [9.17, 15) is 0 Å². The van der Waals surface area contributed by atoms with E-state index in [1.165, 1.54) is 0 Å². The Morgan fingerprint density at radius 2 is 1.96 bits per heavy atom. The van der Waals surface area contributed by atoms with Crippen molar-refractivity contribution in [1.29, 1.82) is 0 Å². The lowest BCUT2D eigenvalue weighted by atomic mass is 9.93. The zero-order valence-electron chi connectivity index (χ0n) is 13.6. The molecule has 124 valence electrons. The second-order valence-electron chi connectivity index (χ2n) is 6.23. The monoisotopic (exact) mass is 388 g/mol. The summed E-state index contributed by atoms with van der Waals surface area (Å²) in [6, 6.07) is 9.61. The quantitative estimate of drug-likeness (QED) is 0.731. The smallest absolute Gasteiger partial charge is 0.181 e. The van der Waals surface area contributed by atoms with Crippen molar-refractivity contribution in [3.8, 4) is 5.69 Å². The van der Waals surface area contributed by atoms with Gasteiger partial charge in [-0.05, 0) is 34.7 Å². The third-order valence-electron chi connectivity index (χ3n) is 3.28. The molecule has 0 radical (unpaired) electrons. The van der Waals surface area contributed by atoms with Crippen LogP contribution in [0.3, 0.4) is 0 Å². The molecule has 0 saturated heterocycles. The minimum atomic E-state index is -0.0810. The number of halogens is 1. The van der Waals surface area contributed by atoms with Crippen molar-refractivity contribution in [3.63, 3.8) is 0 Å². The summed E-state index contributed by atoms with van der Waals surface area (Å²) in [5, 5.41) is 18.8. The highest BCUT2D eigenvalue weighted by Gasteiger charge is 2.19. The second kappa shape index (κ2) is 6.56. The molecule has 8 heteroatoms. The molecule has 0 spiro atoms. The van der Waals surface area contributed by atoms with E-state index in [0.29, 0.717) is 11.6 Å². The summed E-state index contributed by atoms with van der Waals surface area (Å²) in [6.07, 6.45) is 3.50. The number of nitrogens with zero attached hydrogens (tertiary/aromatic N) is 5. The number of hydrogen-bond acceptors (Lipinski definition) is 6. The molecule has 0 unspecified atom stereocenters. The van der Waals surface area contributed by atoms with E-state index in [1.54, 1.807) is 17.0 Å². The van der Waals surface area contributed by atoms with E-state index in [-0.39, 0.29) is 5.41 Å². The van der Waals surface area contributed by atoms with E-state index >= 15 is 0 Å². The highest BCUT2D eigenvalue weighted by Crippen LogP contribution is 2.24. The van der Waals surface area contributed by atoms with Crippen LogP contribution in [0.25, 0.3) is 11.8 Å². The van der Waals surface area contributed by atoms with Crippen LogP contribution in [0, 0.1) is 0 Å². The summed E-state index contributed by atoms with van der Waals surface area (Å²) in [7, 11) is 0. The summed E-state index contributed by atoms with van der Waals surface area (Å²) >= 11 is 3.41. The summed E-state index contributed by atoms with van der Waals surface area (Å²) in [6.45, 7) is 6.21. The number of tetrazole rings is 1. The first-order valence-electron chi connectivity index (χ1n) is 7.38. The molecule has 3 rings (SSSR count). The van der Waals surface area contributed by atoms with Crippen LogP contribution >= 0.6 is 15.9 Å². The van der Waals surface area contributed by atoms with E-state index in [4.69, 9.17) is 4.52 Å². The van der Waals surface area contributed by atoms with Crippen LogP contribution in [0.4, 0.5) is 5.82 Å². The van der Waals surface area contributed by atoms with Gasteiger partial charge in [-0.1, -0.05) is 41.9 Å². The molecule has 0 aliphatic heterocycles. The fourth-order valence-electron chi connectivity index (χ4n) is 1.96. The second-order valence-corrected chi connectivity index (χ2v) is 7.15. The molecule has 0 amide bonds. The molecule has 0 fully saturated rings. The lowest BCUT2D eigenvalue weighted by Crippen LogP contribution is -2.09. The predicted octanol–water partition coefficient (Wildman–Crippen LogP) is 3.79. The molecule has 7 nitrogen and oxygen atoms in total. The molecule has 0 bridgehead atoms. The molecule has 24 heavy (non-hydrogen) atoms. The van der Waals surface area contributed by atoms with Gasteiger partial charge in [0.05, 0.1) is 5.69 Å². The number of hydrogen-bond donors (Lipinski definition) is 1. The zero-order chi connectivity index (χ0) is 17.2. The molecule has 0 aliphatic carbocycles. The van der Waals surface area contributed by atoms with Crippen LogP contribution in [0.2, 0.25) is 0 Å². The van der Waals surface area contributed by atoms with Gasteiger partial charge in [-0.3, -0.25) is 0 Å². The summed E-state index contributed by atoms with van der Waals surface area (Å²) < 4.78 is 7.97. The highest BCUT2D eigenvalue weighted by molar-refractivity contribution is 9.10. The first kappa shape index (κ1) is 16.4. The van der Waals surface area contributed by atoms with Gasteiger partial charge in [-0.15, -0.1) is 5.10 Å². The molecule has 0 aliphatic rings. The number of benzene rings is 1. The minimum absolute atomic E-state index is 0.0810. The maximum atomic E-state index is 5.32. The fraction of sp³-hybridized carbons (Fsp3) is 0.250.